The molecule has 0 spiro atoms. The molecule has 2 aliphatic heterocycles. The van der Waals surface area contributed by atoms with E-state index in [1.165, 1.54) is 0 Å². The number of morpholine rings is 2. The average Bonchev–Trinajstić information content (AvgIpc) is 2.46. The van der Waals surface area contributed by atoms with Gasteiger partial charge in [-0.2, -0.15) is 8.42 Å². The molecule has 2 fully saturated rings. The van der Waals surface area contributed by atoms with Crippen molar-refractivity contribution < 1.29 is 26.5 Å². The van der Waals surface area contributed by atoms with E-state index in [1.807, 2.05) is 0 Å². The van der Waals surface area contributed by atoms with E-state index in [2.05, 4.69) is 19.7 Å². The maximum absolute atomic E-state index is 11.4. The molecule has 19 heavy (non-hydrogen) atoms. The minimum atomic E-state index is -4.17. The predicted octanol–water partition coefficient (Wildman–Crippen LogP) is -2.23. The zero-order valence-electron chi connectivity index (χ0n) is 10.4. The van der Waals surface area contributed by atoms with Crippen LogP contribution in [-0.4, -0.2) is 71.0 Å². The third-order valence-electron chi connectivity index (χ3n) is 2.56. The van der Waals surface area contributed by atoms with Crippen molar-refractivity contribution in [2.45, 2.75) is 0 Å². The highest BCUT2D eigenvalue weighted by molar-refractivity contribution is 7.81. The zero-order chi connectivity index (χ0) is 13.6. The Morgan fingerprint density at radius 1 is 0.789 bits per heavy atom. The Morgan fingerprint density at radius 2 is 1.16 bits per heavy atom. The van der Waals surface area contributed by atoms with Crippen LogP contribution in [0, 0.1) is 0 Å². The number of hydrogen-bond acceptors (Lipinski definition) is 10. The Hall–Kier alpha value is -0.370. The Balaban J connectivity index is 1.65. The third kappa shape index (κ3) is 5.64. The first-order valence-corrected chi connectivity index (χ1v) is 7.28. The lowest BCUT2D eigenvalue weighted by Crippen LogP contribution is -2.49. The van der Waals surface area contributed by atoms with E-state index in [9.17, 15) is 8.42 Å². The molecular formula is C8H18N4O6S. The maximum atomic E-state index is 11.4. The first-order chi connectivity index (χ1) is 9.16. The maximum Gasteiger partial charge on any atom is 0.434 e. The minimum absolute atomic E-state index is 0.517. The molecule has 11 heteroatoms. The fourth-order valence-electron chi connectivity index (χ4n) is 1.52. The summed E-state index contributed by atoms with van der Waals surface area (Å²) >= 11 is 0. The number of hydrazine groups is 2. The summed E-state index contributed by atoms with van der Waals surface area (Å²) in [6.07, 6.45) is 0. The van der Waals surface area contributed by atoms with Crippen LogP contribution in [0.5, 0.6) is 0 Å². The molecule has 2 N–H and O–H groups in total. The minimum Gasteiger partial charge on any atom is -0.379 e. The van der Waals surface area contributed by atoms with E-state index >= 15 is 0 Å². The second-order valence-corrected chi connectivity index (χ2v) is 5.11. The van der Waals surface area contributed by atoms with E-state index in [0.29, 0.717) is 52.6 Å². The summed E-state index contributed by atoms with van der Waals surface area (Å²) in [5, 5.41) is 3.16. The molecule has 0 amide bonds. The fourth-order valence-corrected chi connectivity index (χ4v) is 1.95. The van der Waals surface area contributed by atoms with Gasteiger partial charge in [0.15, 0.2) is 0 Å². The molecule has 2 aliphatic rings. The summed E-state index contributed by atoms with van der Waals surface area (Å²) in [7, 11) is -4.17. The SMILES string of the molecule is O=S(=O)(ONN1CCOCC1)ONN1CCOCC1. The van der Waals surface area contributed by atoms with Crippen molar-refractivity contribution in [3.05, 3.63) is 0 Å². The first kappa shape index (κ1) is 15.0. The van der Waals surface area contributed by atoms with Crippen LogP contribution >= 0.6 is 0 Å². The zero-order valence-corrected chi connectivity index (χ0v) is 11.2. The van der Waals surface area contributed by atoms with Crippen LogP contribution in [0.25, 0.3) is 0 Å². The summed E-state index contributed by atoms with van der Waals surface area (Å²) in [6.45, 7) is 4.21. The van der Waals surface area contributed by atoms with Crippen molar-refractivity contribution in [1.29, 1.82) is 0 Å². The Bertz CT molecular complexity index is 326. The molecule has 0 radical (unpaired) electrons. The molecule has 112 valence electrons. The van der Waals surface area contributed by atoms with Crippen LogP contribution in [0.3, 0.4) is 0 Å². The van der Waals surface area contributed by atoms with Gasteiger partial charge in [0.1, 0.15) is 0 Å². The predicted molar refractivity (Wildman–Crippen MR) is 62.1 cm³/mol. The number of rotatable bonds is 6. The van der Waals surface area contributed by atoms with E-state index in [0.717, 1.165) is 0 Å². The Kier molecular flexibility index (Phi) is 5.87. The molecule has 10 nitrogen and oxygen atoms in total. The molecular weight excluding hydrogens is 280 g/mol. The van der Waals surface area contributed by atoms with Crippen molar-refractivity contribution in [2.75, 3.05) is 52.6 Å². The summed E-state index contributed by atoms with van der Waals surface area (Å²) in [6, 6.07) is 0. The smallest absolute Gasteiger partial charge is 0.379 e. The summed E-state index contributed by atoms with van der Waals surface area (Å²) < 4.78 is 42.1. The van der Waals surface area contributed by atoms with Gasteiger partial charge in [-0.15, -0.1) is 19.7 Å². The highest BCUT2D eigenvalue weighted by Gasteiger charge is 2.19. The normalized spacial score (nSPS) is 23.6. The topological polar surface area (TPSA) is 102 Å². The second kappa shape index (κ2) is 7.42. The van der Waals surface area contributed by atoms with E-state index in [4.69, 9.17) is 9.47 Å². The number of hydrogen-bond donors (Lipinski definition) is 2. The van der Waals surface area contributed by atoms with Gasteiger partial charge in [-0.05, 0) is 0 Å². The van der Waals surface area contributed by atoms with Gasteiger partial charge in [0.2, 0.25) is 0 Å². The lowest BCUT2D eigenvalue weighted by atomic mass is 10.5. The molecule has 2 rings (SSSR count). The summed E-state index contributed by atoms with van der Waals surface area (Å²) in [5.41, 5.74) is 4.61. The van der Waals surface area contributed by atoms with Crippen molar-refractivity contribution >= 4 is 10.4 Å². The molecule has 0 saturated carbocycles. The van der Waals surface area contributed by atoms with Crippen LogP contribution in [-0.2, 0) is 28.4 Å². The van der Waals surface area contributed by atoms with Crippen LogP contribution in [0.2, 0.25) is 0 Å². The van der Waals surface area contributed by atoms with Crippen molar-refractivity contribution in [3.63, 3.8) is 0 Å². The third-order valence-corrected chi connectivity index (χ3v) is 3.12. The van der Waals surface area contributed by atoms with Crippen LogP contribution in [0.1, 0.15) is 0 Å². The average molecular weight is 298 g/mol. The standard InChI is InChI=1S/C8H18N4O6S/c13-19(14,17-9-11-1-5-15-6-2-11)18-10-12-3-7-16-8-4-12/h9-10H,1-8H2. The molecule has 0 bridgehead atoms. The lowest BCUT2D eigenvalue weighted by Gasteiger charge is -2.27. The number of ether oxygens (including phenoxy) is 2. The van der Waals surface area contributed by atoms with E-state index in [1.54, 1.807) is 10.0 Å². The summed E-state index contributed by atoms with van der Waals surface area (Å²) in [4.78, 5) is 0. The summed E-state index contributed by atoms with van der Waals surface area (Å²) in [5.74, 6) is 0. The molecule has 2 saturated heterocycles. The monoisotopic (exact) mass is 298 g/mol. The van der Waals surface area contributed by atoms with Gasteiger partial charge >= 0.3 is 10.4 Å². The lowest BCUT2D eigenvalue weighted by molar-refractivity contribution is -0.0889. The van der Waals surface area contributed by atoms with Crippen molar-refractivity contribution in [2.24, 2.45) is 0 Å². The number of nitrogens with zero attached hydrogens (tertiary/aromatic N) is 2. The molecule has 0 aromatic carbocycles. The van der Waals surface area contributed by atoms with Crippen molar-refractivity contribution in [1.82, 2.24) is 21.2 Å². The molecule has 0 aromatic heterocycles. The van der Waals surface area contributed by atoms with Gasteiger partial charge in [0.05, 0.1) is 26.4 Å². The van der Waals surface area contributed by atoms with Crippen LogP contribution < -0.4 is 11.2 Å². The van der Waals surface area contributed by atoms with E-state index < -0.39 is 10.4 Å². The van der Waals surface area contributed by atoms with Gasteiger partial charge in [-0.1, -0.05) is 0 Å². The largest absolute Gasteiger partial charge is 0.434 e. The van der Waals surface area contributed by atoms with Gasteiger partial charge in [0.25, 0.3) is 0 Å². The van der Waals surface area contributed by atoms with Gasteiger partial charge in [0, 0.05) is 26.2 Å². The van der Waals surface area contributed by atoms with Crippen LogP contribution in [0.15, 0.2) is 0 Å². The molecule has 2 heterocycles. The highest BCUT2D eigenvalue weighted by atomic mass is 32.3. The Morgan fingerprint density at radius 3 is 1.53 bits per heavy atom. The quantitative estimate of drug-likeness (QED) is 0.524. The van der Waals surface area contributed by atoms with Gasteiger partial charge < -0.3 is 9.47 Å². The van der Waals surface area contributed by atoms with E-state index in [-0.39, 0.29) is 0 Å². The van der Waals surface area contributed by atoms with Crippen molar-refractivity contribution in [3.8, 4) is 0 Å². The van der Waals surface area contributed by atoms with Gasteiger partial charge in [-0.25, -0.2) is 10.0 Å². The number of nitrogens with one attached hydrogen (secondary N) is 2. The van der Waals surface area contributed by atoms with Gasteiger partial charge in [-0.3, -0.25) is 0 Å². The molecule has 0 aliphatic carbocycles. The molecule has 0 aromatic rings. The fraction of sp³-hybridized carbons (Fsp3) is 1.00. The molecule has 0 atom stereocenters. The highest BCUT2D eigenvalue weighted by Crippen LogP contribution is 1.98. The second-order valence-electron chi connectivity index (χ2n) is 3.96. The molecule has 0 unspecified atom stereocenters. The first-order valence-electron chi connectivity index (χ1n) is 5.94. The Labute approximate surface area is 111 Å². The van der Waals surface area contributed by atoms with Crippen LogP contribution in [0.4, 0.5) is 0 Å².